The molecule has 0 spiro atoms. The average Bonchev–Trinajstić information content (AvgIpc) is 3.30. The number of hydrogen-bond donors (Lipinski definition) is 1. The Morgan fingerprint density at radius 1 is 1.20 bits per heavy atom. The van der Waals surface area contributed by atoms with Gasteiger partial charge in [0.2, 0.25) is 0 Å². The summed E-state index contributed by atoms with van der Waals surface area (Å²) >= 11 is 3.31. The zero-order valence-electron chi connectivity index (χ0n) is 14.3. The van der Waals surface area contributed by atoms with Crippen molar-refractivity contribution >= 4 is 49.7 Å². The van der Waals surface area contributed by atoms with E-state index in [1.807, 2.05) is 0 Å². The molecule has 1 saturated carbocycles. The van der Waals surface area contributed by atoms with Crippen molar-refractivity contribution < 1.29 is 4.52 Å². The summed E-state index contributed by atoms with van der Waals surface area (Å²) in [4.78, 5) is 13.6. The Hall–Kier alpha value is -1.22. The highest BCUT2D eigenvalue weighted by Gasteiger charge is 2.36. The lowest BCUT2D eigenvalue weighted by Gasteiger charge is -2.17. The Kier molecular flexibility index (Phi) is 5.34. The van der Waals surface area contributed by atoms with Gasteiger partial charge in [0, 0.05) is 13.1 Å². The molecule has 6 nitrogen and oxygen atoms in total. The van der Waals surface area contributed by atoms with Crippen molar-refractivity contribution in [1.82, 2.24) is 15.1 Å². The molecule has 0 bridgehead atoms. The van der Waals surface area contributed by atoms with Gasteiger partial charge in [-0.15, -0.1) is 23.7 Å². The first-order valence-corrected chi connectivity index (χ1v) is 10.0. The average molecular weight is 400 g/mol. The predicted octanol–water partition coefficient (Wildman–Crippen LogP) is 4.40. The summed E-state index contributed by atoms with van der Waals surface area (Å²) in [6.07, 6.45) is 4.13. The van der Waals surface area contributed by atoms with Crippen LogP contribution in [0.3, 0.4) is 0 Å². The van der Waals surface area contributed by atoms with Gasteiger partial charge < -0.3 is 15.2 Å². The van der Waals surface area contributed by atoms with Crippen molar-refractivity contribution in [3.05, 3.63) is 11.9 Å². The maximum atomic E-state index is 6.41. The topological polar surface area (TPSA) is 81.1 Å². The van der Waals surface area contributed by atoms with Crippen molar-refractivity contribution in [3.63, 3.8) is 0 Å². The van der Waals surface area contributed by atoms with Crippen molar-refractivity contribution in [2.75, 3.05) is 18.0 Å². The van der Waals surface area contributed by atoms with Crippen molar-refractivity contribution in [1.29, 1.82) is 0 Å². The minimum absolute atomic E-state index is 0. The van der Waals surface area contributed by atoms with Crippen LogP contribution in [-0.4, -0.2) is 28.2 Å². The first-order chi connectivity index (χ1) is 11.6. The highest BCUT2D eigenvalue weighted by Crippen LogP contribution is 2.40. The van der Waals surface area contributed by atoms with Crippen LogP contribution in [0.1, 0.15) is 45.4 Å². The monoisotopic (exact) mass is 399 g/mol. The smallest absolute Gasteiger partial charge is 0.268 e. The molecule has 2 N–H and O–H groups in total. The Labute approximate surface area is 160 Å². The van der Waals surface area contributed by atoms with Gasteiger partial charge in [-0.1, -0.05) is 29.3 Å². The van der Waals surface area contributed by atoms with Crippen LogP contribution in [0.2, 0.25) is 0 Å². The van der Waals surface area contributed by atoms with Crippen LogP contribution in [0.25, 0.3) is 20.3 Å². The molecule has 4 rings (SSSR count). The zero-order chi connectivity index (χ0) is 16.7. The number of hydrogen-bond acceptors (Lipinski definition) is 8. The molecule has 0 aliphatic heterocycles. The van der Waals surface area contributed by atoms with Crippen LogP contribution in [0.4, 0.5) is 5.13 Å². The highest BCUT2D eigenvalue weighted by atomic mass is 35.5. The van der Waals surface area contributed by atoms with Gasteiger partial charge in [0.15, 0.2) is 11.0 Å². The van der Waals surface area contributed by atoms with Crippen LogP contribution in [0.5, 0.6) is 0 Å². The molecular formula is C16H22ClN5OS2. The van der Waals surface area contributed by atoms with Crippen LogP contribution < -0.4 is 10.6 Å². The lowest BCUT2D eigenvalue weighted by Crippen LogP contribution is -2.34. The first-order valence-electron chi connectivity index (χ1n) is 8.41. The van der Waals surface area contributed by atoms with Gasteiger partial charge in [-0.2, -0.15) is 4.98 Å². The Morgan fingerprint density at radius 3 is 2.56 bits per heavy atom. The van der Waals surface area contributed by atoms with E-state index in [1.165, 1.54) is 4.70 Å². The molecule has 3 aromatic rings. The number of anilines is 1. The second-order valence-electron chi connectivity index (χ2n) is 6.24. The summed E-state index contributed by atoms with van der Waals surface area (Å²) < 4.78 is 6.65. The molecule has 1 aliphatic carbocycles. The van der Waals surface area contributed by atoms with E-state index in [9.17, 15) is 0 Å². The van der Waals surface area contributed by atoms with Gasteiger partial charge in [-0.25, -0.2) is 4.98 Å². The number of rotatable bonds is 5. The number of aromatic nitrogens is 3. The van der Waals surface area contributed by atoms with Crippen molar-refractivity contribution in [2.45, 2.75) is 45.1 Å². The molecular weight excluding hydrogens is 378 g/mol. The third kappa shape index (κ3) is 3.28. The maximum absolute atomic E-state index is 6.41. The molecule has 0 aromatic carbocycles. The number of thiophene rings is 1. The number of nitrogens with two attached hydrogens (primary N) is 1. The first kappa shape index (κ1) is 18.6. The molecule has 9 heteroatoms. The largest absolute Gasteiger partial charge is 0.349 e. The quantitative estimate of drug-likeness (QED) is 0.684. The standard InChI is InChI=1S/C16H21N5OS2.ClH/c1-3-21(4-2)15-19-13-11(24-15)9-10(23-13)12-18-14(20-22-12)16(17)7-5-6-8-16;/h9H,3-8,17H2,1-2H3;1H. The fraction of sp³-hybridized carbons (Fsp3) is 0.562. The number of fused-ring (bicyclic) bond motifs is 1. The Bertz CT molecular complexity index is 816. The van der Waals surface area contributed by atoms with Crippen molar-refractivity contribution in [3.8, 4) is 10.8 Å². The molecule has 25 heavy (non-hydrogen) atoms. The van der Waals surface area contributed by atoms with Crippen LogP contribution in [0.15, 0.2) is 10.6 Å². The van der Waals surface area contributed by atoms with Crippen LogP contribution in [-0.2, 0) is 5.54 Å². The predicted molar refractivity (Wildman–Crippen MR) is 106 cm³/mol. The minimum Gasteiger partial charge on any atom is -0.349 e. The summed E-state index contributed by atoms with van der Waals surface area (Å²) in [5, 5.41) is 5.22. The van der Waals surface area contributed by atoms with E-state index in [2.05, 4.69) is 35.0 Å². The van der Waals surface area contributed by atoms with E-state index in [-0.39, 0.29) is 12.4 Å². The van der Waals surface area contributed by atoms with E-state index >= 15 is 0 Å². The molecule has 1 fully saturated rings. The zero-order valence-corrected chi connectivity index (χ0v) is 16.8. The van der Waals surface area contributed by atoms with Gasteiger partial charge in [-0.3, -0.25) is 0 Å². The summed E-state index contributed by atoms with van der Waals surface area (Å²) in [6.45, 7) is 6.23. The van der Waals surface area contributed by atoms with E-state index in [4.69, 9.17) is 15.2 Å². The number of nitrogens with zero attached hydrogens (tertiary/aromatic N) is 4. The molecule has 3 aromatic heterocycles. The number of halogens is 1. The molecule has 136 valence electrons. The van der Waals surface area contributed by atoms with Gasteiger partial charge in [0.05, 0.1) is 15.1 Å². The van der Waals surface area contributed by atoms with Gasteiger partial charge in [0.25, 0.3) is 5.89 Å². The Balaban J connectivity index is 0.00000182. The summed E-state index contributed by atoms with van der Waals surface area (Å²) in [5.74, 6) is 1.20. The molecule has 0 atom stereocenters. The van der Waals surface area contributed by atoms with E-state index in [1.54, 1.807) is 22.7 Å². The van der Waals surface area contributed by atoms with E-state index in [0.29, 0.717) is 11.7 Å². The fourth-order valence-corrected chi connectivity index (χ4v) is 5.47. The lowest BCUT2D eigenvalue weighted by molar-refractivity contribution is 0.373. The third-order valence-electron chi connectivity index (χ3n) is 4.69. The second-order valence-corrected chi connectivity index (χ2v) is 8.27. The second kappa shape index (κ2) is 7.19. The maximum Gasteiger partial charge on any atom is 0.268 e. The molecule has 0 amide bonds. The molecule has 0 radical (unpaired) electrons. The van der Waals surface area contributed by atoms with Crippen LogP contribution in [0, 0.1) is 0 Å². The normalized spacial score (nSPS) is 16.3. The Morgan fingerprint density at radius 2 is 1.92 bits per heavy atom. The molecule has 0 unspecified atom stereocenters. The molecule has 0 saturated heterocycles. The number of thiazole rings is 1. The van der Waals surface area contributed by atoms with Gasteiger partial charge >= 0.3 is 0 Å². The lowest BCUT2D eigenvalue weighted by atomic mass is 9.99. The summed E-state index contributed by atoms with van der Waals surface area (Å²) in [6, 6.07) is 2.10. The third-order valence-corrected chi connectivity index (χ3v) is 6.90. The molecule has 3 heterocycles. The van der Waals surface area contributed by atoms with Crippen LogP contribution >= 0.6 is 35.1 Å². The highest BCUT2D eigenvalue weighted by molar-refractivity contribution is 7.30. The van der Waals surface area contributed by atoms with E-state index in [0.717, 1.165) is 53.6 Å². The molecule has 1 aliphatic rings. The summed E-state index contributed by atoms with van der Waals surface area (Å²) in [7, 11) is 0. The van der Waals surface area contributed by atoms with E-state index < -0.39 is 5.54 Å². The van der Waals surface area contributed by atoms with Gasteiger partial charge in [0.1, 0.15) is 4.83 Å². The minimum atomic E-state index is -0.412. The summed E-state index contributed by atoms with van der Waals surface area (Å²) in [5.41, 5.74) is 6.00. The van der Waals surface area contributed by atoms with Gasteiger partial charge in [-0.05, 0) is 32.8 Å². The fourth-order valence-electron chi connectivity index (χ4n) is 3.21. The van der Waals surface area contributed by atoms with Crippen molar-refractivity contribution in [2.24, 2.45) is 5.73 Å². The SMILES string of the molecule is CCN(CC)c1nc2sc(-c3nc(C4(N)CCCC4)no3)cc2s1.Cl.